The lowest BCUT2D eigenvalue weighted by atomic mass is 10.1. The van der Waals surface area contributed by atoms with Crippen LogP contribution in [0.2, 0.25) is 0 Å². The molecule has 1 aromatic carbocycles. The molecule has 4 heteroatoms. The maximum atomic E-state index is 13.0. The number of halogens is 1. The van der Waals surface area contributed by atoms with E-state index in [0.29, 0.717) is 32.5 Å². The summed E-state index contributed by atoms with van der Waals surface area (Å²) in [5.41, 5.74) is 2.07. The Morgan fingerprint density at radius 2 is 1.95 bits per heavy atom. The molecule has 0 saturated carbocycles. The van der Waals surface area contributed by atoms with E-state index in [4.69, 9.17) is 0 Å². The lowest BCUT2D eigenvalue weighted by molar-refractivity contribution is -0.117. The maximum absolute atomic E-state index is 13.0. The van der Waals surface area contributed by atoms with Crippen LogP contribution < -0.4 is 5.32 Å². The molecule has 1 aliphatic rings. The molecule has 1 N–H and O–H groups in total. The van der Waals surface area contributed by atoms with Gasteiger partial charge in [-0.3, -0.25) is 9.69 Å². The number of rotatable bonds is 4. The van der Waals surface area contributed by atoms with Gasteiger partial charge in [-0.2, -0.15) is 0 Å². The summed E-state index contributed by atoms with van der Waals surface area (Å²) in [5, 5.41) is 2.88. The fourth-order valence-corrected chi connectivity index (χ4v) is 2.29. The predicted octanol–water partition coefficient (Wildman–Crippen LogP) is 2.62. The first-order valence-corrected chi connectivity index (χ1v) is 6.92. The molecular formula is C15H21FN2O. The summed E-state index contributed by atoms with van der Waals surface area (Å²) in [4.78, 5) is 13.9. The van der Waals surface area contributed by atoms with Gasteiger partial charge in [0.1, 0.15) is 6.17 Å². The minimum absolute atomic E-state index is 0.0263. The number of benzene rings is 1. The van der Waals surface area contributed by atoms with Crippen molar-refractivity contribution in [3.8, 4) is 0 Å². The van der Waals surface area contributed by atoms with Crippen LogP contribution in [0.25, 0.3) is 0 Å². The molecule has 2 rings (SSSR count). The molecular weight excluding hydrogens is 243 g/mol. The lowest BCUT2D eigenvalue weighted by Gasteiger charge is -2.27. The van der Waals surface area contributed by atoms with Crippen LogP contribution in [0.3, 0.4) is 0 Å². The molecule has 0 aromatic heterocycles. The first-order valence-electron chi connectivity index (χ1n) is 6.92. The summed E-state index contributed by atoms with van der Waals surface area (Å²) < 4.78 is 13.0. The van der Waals surface area contributed by atoms with Crippen molar-refractivity contribution in [2.24, 2.45) is 0 Å². The van der Waals surface area contributed by atoms with E-state index in [9.17, 15) is 9.18 Å². The van der Waals surface area contributed by atoms with Gasteiger partial charge in [-0.15, -0.1) is 0 Å². The van der Waals surface area contributed by atoms with Crippen molar-refractivity contribution in [3.05, 3.63) is 29.8 Å². The number of nitrogens with zero attached hydrogens (tertiary/aromatic N) is 1. The summed E-state index contributed by atoms with van der Waals surface area (Å²) in [6.45, 7) is 3.79. The molecule has 1 aromatic rings. The topological polar surface area (TPSA) is 32.3 Å². The van der Waals surface area contributed by atoms with Gasteiger partial charge in [0, 0.05) is 18.8 Å². The Kier molecular flexibility index (Phi) is 4.91. The smallest absolute Gasteiger partial charge is 0.238 e. The van der Waals surface area contributed by atoms with Gasteiger partial charge < -0.3 is 5.32 Å². The highest BCUT2D eigenvalue weighted by atomic mass is 19.1. The molecule has 0 radical (unpaired) electrons. The van der Waals surface area contributed by atoms with Crippen LogP contribution in [-0.4, -0.2) is 36.6 Å². The Bertz CT molecular complexity index is 411. The zero-order valence-corrected chi connectivity index (χ0v) is 11.4. The normalized spacial score (nSPS) is 17.4. The molecule has 1 heterocycles. The Balaban J connectivity index is 1.80. The number of alkyl halides is 1. The van der Waals surface area contributed by atoms with Crippen molar-refractivity contribution in [2.75, 3.05) is 25.0 Å². The van der Waals surface area contributed by atoms with Crippen molar-refractivity contribution in [3.63, 3.8) is 0 Å². The molecule has 19 heavy (non-hydrogen) atoms. The number of carbonyl (C=O) groups excluding carboxylic acids is 1. The monoisotopic (exact) mass is 264 g/mol. The number of likely N-dealkylation sites (tertiary alicyclic amines) is 1. The van der Waals surface area contributed by atoms with Gasteiger partial charge in [-0.1, -0.05) is 19.1 Å². The number of amides is 1. The first kappa shape index (κ1) is 14.0. The van der Waals surface area contributed by atoms with Crippen molar-refractivity contribution in [2.45, 2.75) is 32.4 Å². The number of carbonyl (C=O) groups is 1. The third-order valence-corrected chi connectivity index (χ3v) is 3.53. The fraction of sp³-hybridized carbons (Fsp3) is 0.533. The SMILES string of the molecule is CCc1ccc(NC(=O)CN2CCC(F)CC2)cc1. The zero-order chi connectivity index (χ0) is 13.7. The van der Waals surface area contributed by atoms with E-state index in [1.165, 1.54) is 5.56 Å². The molecule has 0 spiro atoms. The molecule has 0 unspecified atom stereocenters. The number of aryl methyl sites for hydroxylation is 1. The maximum Gasteiger partial charge on any atom is 0.238 e. The summed E-state index contributed by atoms with van der Waals surface area (Å²) in [6.07, 6.45) is 1.38. The van der Waals surface area contributed by atoms with Crippen LogP contribution in [0.15, 0.2) is 24.3 Å². The van der Waals surface area contributed by atoms with Gasteiger partial charge in [-0.05, 0) is 37.0 Å². The second-order valence-electron chi connectivity index (χ2n) is 5.05. The minimum Gasteiger partial charge on any atom is -0.325 e. The highest BCUT2D eigenvalue weighted by Gasteiger charge is 2.19. The molecule has 1 aliphatic heterocycles. The van der Waals surface area contributed by atoms with Crippen LogP contribution in [0.4, 0.5) is 10.1 Å². The summed E-state index contributed by atoms with van der Waals surface area (Å²) in [6, 6.07) is 7.88. The van der Waals surface area contributed by atoms with E-state index < -0.39 is 6.17 Å². The van der Waals surface area contributed by atoms with Gasteiger partial charge in [0.05, 0.1) is 6.54 Å². The van der Waals surface area contributed by atoms with E-state index in [2.05, 4.69) is 12.2 Å². The standard InChI is InChI=1S/C15H21FN2O/c1-2-12-3-5-14(6-4-12)17-15(19)11-18-9-7-13(16)8-10-18/h3-6,13H,2,7-11H2,1H3,(H,17,19). The molecule has 0 aliphatic carbocycles. The predicted molar refractivity (Wildman–Crippen MR) is 75.0 cm³/mol. The van der Waals surface area contributed by atoms with E-state index in [1.54, 1.807) is 0 Å². The second-order valence-corrected chi connectivity index (χ2v) is 5.05. The number of hydrogen-bond donors (Lipinski definition) is 1. The van der Waals surface area contributed by atoms with E-state index >= 15 is 0 Å². The Morgan fingerprint density at radius 3 is 2.53 bits per heavy atom. The van der Waals surface area contributed by atoms with Crippen LogP contribution in [0.1, 0.15) is 25.3 Å². The lowest BCUT2D eigenvalue weighted by Crippen LogP contribution is -2.39. The summed E-state index contributed by atoms with van der Waals surface area (Å²) in [5.74, 6) is -0.0263. The zero-order valence-electron chi connectivity index (χ0n) is 11.4. The quantitative estimate of drug-likeness (QED) is 0.906. The van der Waals surface area contributed by atoms with Crippen molar-refractivity contribution in [1.82, 2.24) is 4.90 Å². The van der Waals surface area contributed by atoms with Crippen LogP contribution in [-0.2, 0) is 11.2 Å². The van der Waals surface area contributed by atoms with E-state index in [0.717, 1.165) is 12.1 Å². The number of nitrogens with one attached hydrogen (secondary N) is 1. The number of piperidine rings is 1. The third-order valence-electron chi connectivity index (χ3n) is 3.53. The van der Waals surface area contributed by atoms with Gasteiger partial charge in [-0.25, -0.2) is 4.39 Å². The largest absolute Gasteiger partial charge is 0.325 e. The highest BCUT2D eigenvalue weighted by Crippen LogP contribution is 2.14. The highest BCUT2D eigenvalue weighted by molar-refractivity contribution is 5.92. The van der Waals surface area contributed by atoms with E-state index in [1.807, 2.05) is 29.2 Å². The molecule has 104 valence electrons. The Hall–Kier alpha value is -1.42. The average molecular weight is 264 g/mol. The van der Waals surface area contributed by atoms with Crippen molar-refractivity contribution in [1.29, 1.82) is 0 Å². The van der Waals surface area contributed by atoms with Crippen molar-refractivity contribution >= 4 is 11.6 Å². The molecule has 0 atom stereocenters. The Labute approximate surface area is 113 Å². The van der Waals surface area contributed by atoms with Crippen LogP contribution >= 0.6 is 0 Å². The molecule has 3 nitrogen and oxygen atoms in total. The summed E-state index contributed by atoms with van der Waals surface area (Å²) in [7, 11) is 0. The molecule has 1 fully saturated rings. The van der Waals surface area contributed by atoms with Gasteiger partial charge in [0.15, 0.2) is 0 Å². The number of hydrogen-bond acceptors (Lipinski definition) is 2. The number of anilines is 1. The third kappa shape index (κ3) is 4.31. The molecule has 1 amide bonds. The second kappa shape index (κ2) is 6.66. The fourth-order valence-electron chi connectivity index (χ4n) is 2.29. The summed E-state index contributed by atoms with van der Waals surface area (Å²) >= 11 is 0. The van der Waals surface area contributed by atoms with Crippen molar-refractivity contribution < 1.29 is 9.18 Å². The average Bonchev–Trinajstić information content (AvgIpc) is 2.42. The van der Waals surface area contributed by atoms with E-state index in [-0.39, 0.29) is 5.91 Å². The first-order chi connectivity index (χ1) is 9.17. The molecule has 0 bridgehead atoms. The molecule has 1 saturated heterocycles. The van der Waals surface area contributed by atoms with Gasteiger partial charge in [0.2, 0.25) is 5.91 Å². The Morgan fingerprint density at radius 1 is 1.32 bits per heavy atom. The van der Waals surface area contributed by atoms with Crippen LogP contribution in [0, 0.1) is 0 Å². The minimum atomic E-state index is -0.694. The van der Waals surface area contributed by atoms with Crippen LogP contribution in [0.5, 0.6) is 0 Å². The van der Waals surface area contributed by atoms with Gasteiger partial charge >= 0.3 is 0 Å². The van der Waals surface area contributed by atoms with Gasteiger partial charge in [0.25, 0.3) is 0 Å².